The molecule has 3 aromatic heterocycles. The summed E-state index contributed by atoms with van der Waals surface area (Å²) in [6.45, 7) is 6.10. The number of nitrogens with zero attached hydrogens (tertiary/aromatic N) is 5. The molecule has 0 saturated heterocycles. The summed E-state index contributed by atoms with van der Waals surface area (Å²) in [5, 5.41) is 23.7. The van der Waals surface area contributed by atoms with Crippen molar-refractivity contribution in [3.63, 3.8) is 0 Å². The highest BCUT2D eigenvalue weighted by atomic mass is 16.3. The number of nitrogens with one attached hydrogen (secondary N) is 1. The van der Waals surface area contributed by atoms with Crippen LogP contribution >= 0.6 is 0 Å². The summed E-state index contributed by atoms with van der Waals surface area (Å²) < 4.78 is 3.19. The van der Waals surface area contributed by atoms with E-state index in [9.17, 15) is 9.90 Å². The summed E-state index contributed by atoms with van der Waals surface area (Å²) in [5.41, 5.74) is 2.70. The predicted octanol–water partition coefficient (Wildman–Crippen LogP) is 2.99. The number of allylic oxidation sites excluding steroid dienone is 1. The average molecular weight is 473 g/mol. The van der Waals surface area contributed by atoms with E-state index in [4.69, 9.17) is 10.1 Å². The monoisotopic (exact) mass is 472 g/mol. The summed E-state index contributed by atoms with van der Waals surface area (Å²) >= 11 is 0. The van der Waals surface area contributed by atoms with Gasteiger partial charge in [-0.3, -0.25) is 4.79 Å². The van der Waals surface area contributed by atoms with Crippen molar-refractivity contribution in [2.24, 2.45) is 0 Å². The standard InChI is InChI=1S/C26H28N6O3/c1-3-14-31-24(34)20-16-27-25(28-19-8-5-17(6-9-19)12-15-33)30-23(20)32(31)21-10-7-18-11-13-26(35,4-2)22(18)29-21/h3,5-10,16,33,35H,1,4,11-15H2,2H3,(H,27,28,30)/t26-/m1/s1. The number of fused-ring (bicyclic) bond motifs is 2. The quantitative estimate of drug-likeness (QED) is 0.337. The molecular formula is C26H28N6O3. The van der Waals surface area contributed by atoms with E-state index in [1.807, 2.05) is 43.3 Å². The number of aliphatic hydroxyl groups is 2. The third-order valence-corrected chi connectivity index (χ3v) is 6.60. The number of benzene rings is 1. The number of hydrogen-bond donors (Lipinski definition) is 3. The molecule has 0 bridgehead atoms. The van der Waals surface area contributed by atoms with E-state index in [0.29, 0.717) is 47.8 Å². The fourth-order valence-corrected chi connectivity index (χ4v) is 4.63. The molecule has 1 atom stereocenters. The highest BCUT2D eigenvalue weighted by Gasteiger charge is 2.37. The number of anilines is 2. The topological polar surface area (TPSA) is 118 Å². The van der Waals surface area contributed by atoms with Crippen LogP contribution in [0.25, 0.3) is 16.9 Å². The summed E-state index contributed by atoms with van der Waals surface area (Å²) in [5.74, 6) is 0.840. The number of hydrogen-bond acceptors (Lipinski definition) is 7. The largest absolute Gasteiger partial charge is 0.396 e. The van der Waals surface area contributed by atoms with Crippen LogP contribution in [0.5, 0.6) is 0 Å². The molecule has 180 valence electrons. The molecule has 4 aromatic rings. The number of aromatic nitrogens is 5. The highest BCUT2D eigenvalue weighted by Crippen LogP contribution is 2.38. The molecule has 9 nitrogen and oxygen atoms in total. The number of aliphatic hydroxyl groups excluding tert-OH is 1. The van der Waals surface area contributed by atoms with Crippen molar-refractivity contribution in [1.29, 1.82) is 0 Å². The van der Waals surface area contributed by atoms with E-state index in [0.717, 1.165) is 23.2 Å². The molecule has 0 saturated carbocycles. The first kappa shape index (κ1) is 22.9. The first-order chi connectivity index (χ1) is 17.0. The molecule has 9 heteroatoms. The Hall–Kier alpha value is -3.82. The zero-order chi connectivity index (χ0) is 24.6. The van der Waals surface area contributed by atoms with Gasteiger partial charge in [0.1, 0.15) is 11.0 Å². The van der Waals surface area contributed by atoms with Gasteiger partial charge in [-0.15, -0.1) is 6.58 Å². The molecule has 1 aromatic carbocycles. The minimum Gasteiger partial charge on any atom is -0.396 e. The first-order valence-corrected chi connectivity index (χ1v) is 11.8. The van der Waals surface area contributed by atoms with E-state index in [1.54, 1.807) is 10.8 Å². The Labute approximate surface area is 202 Å². The predicted molar refractivity (Wildman–Crippen MR) is 134 cm³/mol. The second-order valence-corrected chi connectivity index (χ2v) is 8.78. The lowest BCUT2D eigenvalue weighted by Gasteiger charge is -2.21. The van der Waals surface area contributed by atoms with Crippen molar-refractivity contribution in [1.82, 2.24) is 24.3 Å². The number of pyridine rings is 1. The minimum atomic E-state index is -0.970. The molecule has 0 radical (unpaired) electrons. The third-order valence-electron chi connectivity index (χ3n) is 6.60. The molecule has 0 amide bonds. The Bertz CT molecular complexity index is 1460. The molecule has 5 rings (SSSR count). The normalized spacial score (nSPS) is 17.0. The zero-order valence-electron chi connectivity index (χ0n) is 19.6. The van der Waals surface area contributed by atoms with E-state index in [2.05, 4.69) is 21.9 Å². The molecule has 1 aliphatic carbocycles. The molecular weight excluding hydrogens is 444 g/mol. The van der Waals surface area contributed by atoms with Crippen LogP contribution in [0.15, 0.2) is 60.0 Å². The van der Waals surface area contributed by atoms with E-state index in [-0.39, 0.29) is 18.7 Å². The Balaban J connectivity index is 1.61. The van der Waals surface area contributed by atoms with Crippen LogP contribution in [0.2, 0.25) is 0 Å². The van der Waals surface area contributed by atoms with Gasteiger partial charge in [0.15, 0.2) is 11.5 Å². The molecule has 1 aliphatic rings. The van der Waals surface area contributed by atoms with Crippen LogP contribution in [0.1, 0.15) is 36.6 Å². The van der Waals surface area contributed by atoms with Gasteiger partial charge >= 0.3 is 0 Å². The lowest BCUT2D eigenvalue weighted by molar-refractivity contribution is 0.0306. The van der Waals surface area contributed by atoms with Crippen molar-refractivity contribution in [2.45, 2.75) is 44.8 Å². The van der Waals surface area contributed by atoms with Crippen molar-refractivity contribution in [3.05, 3.63) is 82.4 Å². The smallest absolute Gasteiger partial charge is 0.278 e. The van der Waals surface area contributed by atoms with Crippen LogP contribution in [0.4, 0.5) is 11.6 Å². The van der Waals surface area contributed by atoms with Crippen LogP contribution in [-0.2, 0) is 25.0 Å². The van der Waals surface area contributed by atoms with Gasteiger partial charge in [-0.2, -0.15) is 4.98 Å². The number of rotatable bonds is 8. The molecule has 0 spiro atoms. The van der Waals surface area contributed by atoms with Crippen molar-refractivity contribution in [3.8, 4) is 5.82 Å². The van der Waals surface area contributed by atoms with Gasteiger partial charge in [-0.1, -0.05) is 31.2 Å². The maximum absolute atomic E-state index is 13.2. The van der Waals surface area contributed by atoms with E-state index >= 15 is 0 Å². The maximum atomic E-state index is 13.2. The second-order valence-electron chi connectivity index (χ2n) is 8.78. The lowest BCUT2D eigenvalue weighted by atomic mass is 9.98. The van der Waals surface area contributed by atoms with Gasteiger partial charge in [-0.05, 0) is 55.0 Å². The zero-order valence-corrected chi connectivity index (χ0v) is 19.6. The SMILES string of the molecule is C=CCn1c(=O)c2cnc(Nc3ccc(CCO)cc3)nc2n1-c1ccc2c(n1)[C@@](O)(CC)CC2. The lowest BCUT2D eigenvalue weighted by Crippen LogP contribution is -2.25. The van der Waals surface area contributed by atoms with Gasteiger partial charge in [0.2, 0.25) is 5.95 Å². The van der Waals surface area contributed by atoms with Crippen LogP contribution in [-0.4, -0.2) is 41.1 Å². The summed E-state index contributed by atoms with van der Waals surface area (Å²) in [6.07, 6.45) is 5.72. The highest BCUT2D eigenvalue weighted by molar-refractivity contribution is 5.77. The van der Waals surface area contributed by atoms with Crippen LogP contribution in [0.3, 0.4) is 0 Å². The minimum absolute atomic E-state index is 0.0954. The van der Waals surface area contributed by atoms with E-state index < -0.39 is 5.60 Å². The molecule has 3 N–H and O–H groups in total. The Morgan fingerprint density at radius 2 is 2.00 bits per heavy atom. The first-order valence-electron chi connectivity index (χ1n) is 11.8. The average Bonchev–Trinajstić information content (AvgIpc) is 3.35. The number of aryl methyl sites for hydroxylation is 1. The molecule has 35 heavy (non-hydrogen) atoms. The Morgan fingerprint density at radius 1 is 1.20 bits per heavy atom. The van der Waals surface area contributed by atoms with Gasteiger partial charge in [0, 0.05) is 18.5 Å². The molecule has 0 aliphatic heterocycles. The Morgan fingerprint density at radius 3 is 2.71 bits per heavy atom. The third kappa shape index (κ3) is 4.02. The van der Waals surface area contributed by atoms with Gasteiger partial charge in [0.05, 0.1) is 12.2 Å². The summed E-state index contributed by atoms with van der Waals surface area (Å²) in [7, 11) is 0. The van der Waals surface area contributed by atoms with E-state index in [1.165, 1.54) is 10.9 Å². The second kappa shape index (κ2) is 9.09. The summed E-state index contributed by atoms with van der Waals surface area (Å²) in [4.78, 5) is 27.0. The molecule has 0 fully saturated rings. The molecule has 3 heterocycles. The van der Waals surface area contributed by atoms with Gasteiger partial charge < -0.3 is 15.5 Å². The van der Waals surface area contributed by atoms with Gasteiger partial charge in [-0.25, -0.2) is 19.3 Å². The fourth-order valence-electron chi connectivity index (χ4n) is 4.63. The maximum Gasteiger partial charge on any atom is 0.278 e. The van der Waals surface area contributed by atoms with Crippen molar-refractivity contribution >= 4 is 22.7 Å². The van der Waals surface area contributed by atoms with Crippen molar-refractivity contribution < 1.29 is 10.2 Å². The van der Waals surface area contributed by atoms with Crippen molar-refractivity contribution in [2.75, 3.05) is 11.9 Å². The summed E-state index contributed by atoms with van der Waals surface area (Å²) in [6, 6.07) is 11.5. The fraction of sp³-hybridized carbons (Fsp3) is 0.308. The Kier molecular flexibility index (Phi) is 5.96. The van der Waals surface area contributed by atoms with Gasteiger partial charge in [0.25, 0.3) is 5.56 Å². The van der Waals surface area contributed by atoms with Crippen LogP contribution in [0, 0.1) is 0 Å². The van der Waals surface area contributed by atoms with Crippen LogP contribution < -0.4 is 10.9 Å². The molecule has 0 unspecified atom stereocenters.